The molecule has 180 valence electrons. The topological polar surface area (TPSA) is 90.4 Å². The molecule has 1 N–H and O–H groups in total. The molecular formula is C23H22F3N3O4S. The minimum Gasteiger partial charge on any atom is -0.494 e. The van der Waals surface area contributed by atoms with Crippen LogP contribution in [0, 0.1) is 5.92 Å². The third-order valence-corrected chi connectivity index (χ3v) is 7.04. The normalized spacial score (nSPS) is 18.5. The summed E-state index contributed by atoms with van der Waals surface area (Å²) in [7, 11) is 2.83. The Morgan fingerprint density at radius 1 is 1.09 bits per heavy atom. The van der Waals surface area contributed by atoms with E-state index < -0.39 is 17.8 Å². The van der Waals surface area contributed by atoms with Gasteiger partial charge in [0, 0.05) is 12.0 Å². The third kappa shape index (κ3) is 4.98. The number of ether oxygens (including phenoxy) is 2. The van der Waals surface area contributed by atoms with Crippen LogP contribution < -0.4 is 10.1 Å². The van der Waals surface area contributed by atoms with E-state index in [1.54, 1.807) is 12.1 Å². The number of anilines is 1. The van der Waals surface area contributed by atoms with Gasteiger partial charge in [0.2, 0.25) is 0 Å². The number of esters is 1. The Kier molecular flexibility index (Phi) is 6.74. The summed E-state index contributed by atoms with van der Waals surface area (Å²) in [5, 5.41) is 3.53. The number of rotatable bonds is 5. The summed E-state index contributed by atoms with van der Waals surface area (Å²) in [6, 6.07) is 6.53. The number of hydrogen-bond donors (Lipinski definition) is 1. The molecule has 0 bridgehead atoms. The Hall–Kier alpha value is -3.21. The smallest absolute Gasteiger partial charge is 0.433 e. The van der Waals surface area contributed by atoms with Crippen LogP contribution in [0.5, 0.6) is 5.75 Å². The largest absolute Gasteiger partial charge is 0.494 e. The van der Waals surface area contributed by atoms with Gasteiger partial charge in [0.1, 0.15) is 17.1 Å². The maximum Gasteiger partial charge on any atom is 0.433 e. The lowest BCUT2D eigenvalue weighted by atomic mass is 9.82. The number of methoxy groups -OCH3 is 2. The highest BCUT2D eigenvalue weighted by atomic mass is 32.1. The lowest BCUT2D eigenvalue weighted by molar-refractivity contribution is -0.146. The quantitative estimate of drug-likeness (QED) is 0.478. The van der Waals surface area contributed by atoms with E-state index in [1.165, 1.54) is 31.6 Å². The number of hydrogen-bond acceptors (Lipinski definition) is 7. The summed E-state index contributed by atoms with van der Waals surface area (Å²) in [5.41, 5.74) is -0.494. The first-order chi connectivity index (χ1) is 16.2. The maximum atomic E-state index is 12.9. The zero-order chi connectivity index (χ0) is 24.5. The molecule has 0 unspecified atom stereocenters. The van der Waals surface area contributed by atoms with Gasteiger partial charge in [0.25, 0.3) is 5.91 Å². The molecule has 2 aromatic heterocycles. The summed E-state index contributed by atoms with van der Waals surface area (Å²) in [6.07, 6.45) is -1.53. The predicted molar refractivity (Wildman–Crippen MR) is 120 cm³/mol. The van der Waals surface area contributed by atoms with Crippen LogP contribution in [0.3, 0.4) is 0 Å². The van der Waals surface area contributed by atoms with Gasteiger partial charge in [-0.2, -0.15) is 13.2 Å². The first-order valence-electron chi connectivity index (χ1n) is 10.6. The molecule has 0 spiro atoms. The molecule has 1 fully saturated rings. The van der Waals surface area contributed by atoms with Gasteiger partial charge in [-0.3, -0.25) is 9.59 Å². The first-order valence-corrected chi connectivity index (χ1v) is 11.4. The molecule has 1 amide bonds. The van der Waals surface area contributed by atoms with E-state index in [2.05, 4.69) is 10.3 Å². The minimum absolute atomic E-state index is 0.0815. The van der Waals surface area contributed by atoms with Crippen LogP contribution in [-0.4, -0.2) is 36.1 Å². The van der Waals surface area contributed by atoms with E-state index in [0.717, 1.165) is 47.5 Å². The second kappa shape index (κ2) is 9.57. The second-order valence-electron chi connectivity index (χ2n) is 8.00. The third-order valence-electron chi connectivity index (χ3n) is 5.86. The number of nitrogens with zero attached hydrogens (tertiary/aromatic N) is 2. The van der Waals surface area contributed by atoms with Crippen molar-refractivity contribution in [3.63, 3.8) is 0 Å². The van der Waals surface area contributed by atoms with Gasteiger partial charge in [-0.25, -0.2) is 9.97 Å². The Balaban J connectivity index is 1.55. The molecule has 34 heavy (non-hydrogen) atoms. The number of thiazole rings is 1. The van der Waals surface area contributed by atoms with Crippen LogP contribution in [0.15, 0.2) is 30.3 Å². The predicted octanol–water partition coefficient (Wildman–Crippen LogP) is 5.42. The van der Waals surface area contributed by atoms with Crippen molar-refractivity contribution in [1.29, 1.82) is 0 Å². The average molecular weight is 494 g/mol. The van der Waals surface area contributed by atoms with Crippen LogP contribution in [0.4, 0.5) is 18.9 Å². The molecule has 0 radical (unpaired) electrons. The van der Waals surface area contributed by atoms with Gasteiger partial charge in [-0.1, -0.05) is 6.07 Å². The molecule has 1 aromatic carbocycles. The number of fused-ring (bicyclic) bond motifs is 1. The first kappa shape index (κ1) is 23.9. The van der Waals surface area contributed by atoms with Crippen LogP contribution >= 0.6 is 11.3 Å². The van der Waals surface area contributed by atoms with Gasteiger partial charge in [-0.05, 0) is 43.9 Å². The molecule has 0 atom stereocenters. The Morgan fingerprint density at radius 2 is 1.82 bits per heavy atom. The fourth-order valence-electron chi connectivity index (χ4n) is 4.06. The molecular weight excluding hydrogens is 471 g/mol. The average Bonchev–Trinajstić information content (AvgIpc) is 3.25. The summed E-state index contributed by atoms with van der Waals surface area (Å²) in [5.74, 6) is -0.490. The zero-order valence-electron chi connectivity index (χ0n) is 18.4. The number of alkyl halides is 3. The van der Waals surface area contributed by atoms with Crippen molar-refractivity contribution in [2.24, 2.45) is 5.92 Å². The molecule has 4 rings (SSSR count). The lowest BCUT2D eigenvalue weighted by Crippen LogP contribution is -2.22. The monoisotopic (exact) mass is 493 g/mol. The van der Waals surface area contributed by atoms with E-state index in [-0.39, 0.29) is 23.5 Å². The molecule has 1 aliphatic carbocycles. The van der Waals surface area contributed by atoms with E-state index in [4.69, 9.17) is 14.5 Å². The highest BCUT2D eigenvalue weighted by molar-refractivity contribution is 7.18. The Labute approximate surface area is 197 Å². The molecule has 1 saturated carbocycles. The Morgan fingerprint density at radius 3 is 2.47 bits per heavy atom. The lowest BCUT2D eigenvalue weighted by Gasteiger charge is -2.25. The number of pyridine rings is 1. The van der Waals surface area contributed by atoms with Crippen molar-refractivity contribution in [3.05, 3.63) is 46.7 Å². The zero-order valence-corrected chi connectivity index (χ0v) is 19.3. The van der Waals surface area contributed by atoms with E-state index in [0.29, 0.717) is 17.0 Å². The molecule has 11 heteroatoms. The highest BCUT2D eigenvalue weighted by Gasteiger charge is 2.33. The van der Waals surface area contributed by atoms with E-state index in [1.807, 2.05) is 0 Å². The van der Waals surface area contributed by atoms with Crippen LogP contribution in [0.2, 0.25) is 0 Å². The van der Waals surface area contributed by atoms with Crippen molar-refractivity contribution in [2.75, 3.05) is 19.5 Å². The molecule has 7 nitrogen and oxygen atoms in total. The number of nitrogens with one attached hydrogen (secondary N) is 1. The summed E-state index contributed by atoms with van der Waals surface area (Å²) >= 11 is 1.48. The SMILES string of the molecule is COc1cc2nc([C@H]3CC[C@H](C(=O)OC)CC3)sc2cc1NC(=O)c1cccc(C(F)(F)F)n1. The van der Waals surface area contributed by atoms with Crippen LogP contribution in [-0.2, 0) is 15.7 Å². The molecule has 0 saturated heterocycles. The molecule has 1 aliphatic rings. The number of benzene rings is 1. The fraction of sp³-hybridized carbons (Fsp3) is 0.391. The molecule has 2 heterocycles. The van der Waals surface area contributed by atoms with Crippen molar-refractivity contribution in [2.45, 2.75) is 37.8 Å². The second-order valence-corrected chi connectivity index (χ2v) is 9.07. The van der Waals surface area contributed by atoms with Crippen LogP contribution in [0.25, 0.3) is 10.2 Å². The summed E-state index contributed by atoms with van der Waals surface area (Å²) in [6.45, 7) is 0. The van der Waals surface area contributed by atoms with Gasteiger partial charge < -0.3 is 14.8 Å². The number of amides is 1. The standard InChI is InChI=1S/C23H22F3N3O4S/c1-32-17-10-16-18(34-21(29-16)12-6-8-13(9-7-12)22(31)33-2)11-15(17)28-20(30)14-4-3-5-19(27-14)23(24,25)26/h3-5,10-13H,6-9H2,1-2H3,(H,28,30)/t12-,13-. The number of halogens is 3. The van der Waals surface area contributed by atoms with Crippen molar-refractivity contribution >= 4 is 39.1 Å². The van der Waals surface area contributed by atoms with Gasteiger partial charge in [0.05, 0.1) is 41.0 Å². The molecule has 0 aliphatic heterocycles. The number of carbonyl (C=O) groups excluding carboxylic acids is 2. The van der Waals surface area contributed by atoms with Crippen molar-refractivity contribution in [1.82, 2.24) is 9.97 Å². The summed E-state index contributed by atoms with van der Waals surface area (Å²) < 4.78 is 49.9. The van der Waals surface area contributed by atoms with Gasteiger partial charge in [0.15, 0.2) is 0 Å². The van der Waals surface area contributed by atoms with E-state index in [9.17, 15) is 22.8 Å². The number of carbonyl (C=O) groups is 2. The molecule has 3 aromatic rings. The van der Waals surface area contributed by atoms with Crippen molar-refractivity contribution < 1.29 is 32.2 Å². The van der Waals surface area contributed by atoms with E-state index >= 15 is 0 Å². The van der Waals surface area contributed by atoms with Crippen LogP contribution in [0.1, 0.15) is 52.8 Å². The van der Waals surface area contributed by atoms with Gasteiger partial charge in [-0.15, -0.1) is 11.3 Å². The minimum atomic E-state index is -4.65. The highest BCUT2D eigenvalue weighted by Crippen LogP contribution is 2.41. The Bertz CT molecular complexity index is 1220. The van der Waals surface area contributed by atoms with Crippen molar-refractivity contribution in [3.8, 4) is 5.75 Å². The summed E-state index contributed by atoms with van der Waals surface area (Å²) in [4.78, 5) is 32.5. The van der Waals surface area contributed by atoms with Gasteiger partial charge >= 0.3 is 12.1 Å². The fourth-order valence-corrected chi connectivity index (χ4v) is 5.22. The number of aromatic nitrogens is 2. The maximum absolute atomic E-state index is 12.9.